The fraction of sp³-hybridized carbons (Fsp3) is 0.500. The van der Waals surface area contributed by atoms with Gasteiger partial charge in [0.1, 0.15) is 0 Å². The number of para-hydroxylation sites is 1. The molecule has 4 nitrogen and oxygen atoms in total. The second-order valence-electron chi connectivity index (χ2n) is 4.97. The Morgan fingerprint density at radius 2 is 1.94 bits per heavy atom. The van der Waals surface area contributed by atoms with Gasteiger partial charge in [-0.2, -0.15) is 0 Å². The van der Waals surface area contributed by atoms with Crippen LogP contribution in [0.5, 0.6) is 0 Å². The first kappa shape index (κ1) is 12.9. The van der Waals surface area contributed by atoms with Gasteiger partial charge in [-0.3, -0.25) is 4.79 Å². The molecule has 2 rings (SSSR count). The summed E-state index contributed by atoms with van der Waals surface area (Å²) in [4.78, 5) is 11.9. The number of nitrogens with one attached hydrogen (secondary N) is 1. The van der Waals surface area contributed by atoms with E-state index in [4.69, 9.17) is 5.73 Å². The van der Waals surface area contributed by atoms with Crippen LogP contribution >= 0.6 is 0 Å². The lowest BCUT2D eigenvalue weighted by atomic mass is 9.87. The molecule has 4 N–H and O–H groups in total. The summed E-state index contributed by atoms with van der Waals surface area (Å²) in [7, 11) is 0. The lowest BCUT2D eigenvalue weighted by Crippen LogP contribution is -2.32. The van der Waals surface area contributed by atoms with Crippen LogP contribution in [0.1, 0.15) is 36.0 Å². The van der Waals surface area contributed by atoms with Gasteiger partial charge in [-0.15, -0.1) is 0 Å². The molecule has 0 unspecified atom stereocenters. The van der Waals surface area contributed by atoms with Crippen LogP contribution in [-0.4, -0.2) is 23.7 Å². The average Bonchev–Trinajstić information content (AvgIpc) is 2.38. The molecule has 0 atom stereocenters. The number of carbonyl (C=O) groups excluding carboxylic acids is 1. The van der Waals surface area contributed by atoms with E-state index in [9.17, 15) is 9.90 Å². The molecule has 1 saturated carbocycles. The molecule has 1 amide bonds. The average molecular weight is 248 g/mol. The fourth-order valence-corrected chi connectivity index (χ4v) is 2.39. The molecule has 98 valence electrons. The number of hydrogen-bond acceptors (Lipinski definition) is 3. The predicted octanol–water partition coefficient (Wildman–Crippen LogP) is 1.55. The number of hydrogen-bond donors (Lipinski definition) is 3. The molecular weight excluding hydrogens is 228 g/mol. The molecule has 0 heterocycles. The normalized spacial score (nSPS) is 23.6. The summed E-state index contributed by atoms with van der Waals surface area (Å²) in [5.74, 6) is 0.363. The number of amides is 1. The maximum Gasteiger partial charge on any atom is 0.253 e. The molecule has 0 saturated heterocycles. The molecule has 1 aromatic carbocycles. The van der Waals surface area contributed by atoms with Gasteiger partial charge in [-0.05, 0) is 43.7 Å². The number of nitrogen functional groups attached to an aromatic ring is 1. The van der Waals surface area contributed by atoms with Crippen LogP contribution in [0.4, 0.5) is 5.69 Å². The fourth-order valence-electron chi connectivity index (χ4n) is 2.39. The molecule has 1 aliphatic rings. The number of rotatable bonds is 3. The third kappa shape index (κ3) is 3.23. The highest BCUT2D eigenvalue weighted by Gasteiger charge is 2.20. The third-order valence-electron chi connectivity index (χ3n) is 3.57. The monoisotopic (exact) mass is 248 g/mol. The Balaban J connectivity index is 1.84. The maximum atomic E-state index is 11.9. The van der Waals surface area contributed by atoms with Crippen LogP contribution in [0.15, 0.2) is 24.3 Å². The second kappa shape index (κ2) is 5.87. The molecule has 0 radical (unpaired) electrons. The molecule has 18 heavy (non-hydrogen) atoms. The summed E-state index contributed by atoms with van der Waals surface area (Å²) in [6, 6.07) is 7.08. The van der Waals surface area contributed by atoms with E-state index in [1.54, 1.807) is 12.1 Å². The van der Waals surface area contributed by atoms with E-state index in [1.165, 1.54) is 0 Å². The van der Waals surface area contributed by atoms with Crippen molar-refractivity contribution in [2.45, 2.75) is 31.8 Å². The van der Waals surface area contributed by atoms with Crippen molar-refractivity contribution in [2.75, 3.05) is 12.3 Å². The largest absolute Gasteiger partial charge is 0.398 e. The highest BCUT2D eigenvalue weighted by molar-refractivity contribution is 5.99. The first-order valence-electron chi connectivity index (χ1n) is 6.47. The highest BCUT2D eigenvalue weighted by atomic mass is 16.3. The van der Waals surface area contributed by atoms with Crippen LogP contribution in [0.25, 0.3) is 0 Å². The van der Waals surface area contributed by atoms with E-state index >= 15 is 0 Å². The Bertz CT molecular complexity index is 412. The quantitative estimate of drug-likeness (QED) is 0.710. The van der Waals surface area contributed by atoms with Crippen LogP contribution in [-0.2, 0) is 0 Å². The van der Waals surface area contributed by atoms with Gasteiger partial charge >= 0.3 is 0 Å². The molecule has 1 aromatic rings. The van der Waals surface area contributed by atoms with Gasteiger partial charge in [0.25, 0.3) is 5.91 Å². The van der Waals surface area contributed by atoms with E-state index in [1.807, 2.05) is 12.1 Å². The molecule has 0 aromatic heterocycles. The highest BCUT2D eigenvalue weighted by Crippen LogP contribution is 2.23. The molecule has 0 bridgehead atoms. The number of carbonyl (C=O) groups is 1. The number of nitrogens with two attached hydrogens (primary N) is 1. The SMILES string of the molecule is Nc1ccccc1C(=O)NCC1CCC(O)CC1. The molecule has 0 spiro atoms. The first-order valence-corrected chi connectivity index (χ1v) is 6.47. The number of aliphatic hydroxyl groups is 1. The molecule has 0 aliphatic heterocycles. The van der Waals surface area contributed by atoms with E-state index < -0.39 is 0 Å². The van der Waals surface area contributed by atoms with E-state index in [-0.39, 0.29) is 12.0 Å². The standard InChI is InChI=1S/C14H20N2O2/c15-13-4-2-1-3-12(13)14(18)16-9-10-5-7-11(17)8-6-10/h1-4,10-11,17H,5-9,15H2,(H,16,18). The second-order valence-corrected chi connectivity index (χ2v) is 4.97. The predicted molar refractivity (Wildman–Crippen MR) is 71.2 cm³/mol. The topological polar surface area (TPSA) is 75.4 Å². The van der Waals surface area contributed by atoms with Crippen molar-refractivity contribution in [2.24, 2.45) is 5.92 Å². The molecule has 4 heteroatoms. The van der Waals surface area contributed by atoms with Gasteiger partial charge in [0.15, 0.2) is 0 Å². The molecular formula is C14H20N2O2. The van der Waals surface area contributed by atoms with Crippen molar-refractivity contribution in [3.8, 4) is 0 Å². The van der Waals surface area contributed by atoms with Gasteiger partial charge in [-0.1, -0.05) is 12.1 Å². The summed E-state index contributed by atoms with van der Waals surface area (Å²) < 4.78 is 0. The van der Waals surface area contributed by atoms with Crippen molar-refractivity contribution in [3.63, 3.8) is 0 Å². The Morgan fingerprint density at radius 1 is 1.28 bits per heavy atom. The smallest absolute Gasteiger partial charge is 0.253 e. The summed E-state index contributed by atoms with van der Waals surface area (Å²) in [5, 5.41) is 12.3. The van der Waals surface area contributed by atoms with Crippen LogP contribution in [0, 0.1) is 5.92 Å². The minimum absolute atomic E-state index is 0.112. The van der Waals surface area contributed by atoms with Gasteiger partial charge < -0.3 is 16.2 Å². The zero-order chi connectivity index (χ0) is 13.0. The third-order valence-corrected chi connectivity index (χ3v) is 3.57. The van der Waals surface area contributed by atoms with E-state index in [0.29, 0.717) is 23.7 Å². The zero-order valence-corrected chi connectivity index (χ0v) is 10.4. The summed E-state index contributed by atoms with van der Waals surface area (Å²) in [6.07, 6.45) is 3.49. The van der Waals surface area contributed by atoms with Gasteiger partial charge in [0, 0.05) is 12.2 Å². The van der Waals surface area contributed by atoms with Crippen LogP contribution in [0.3, 0.4) is 0 Å². The summed E-state index contributed by atoms with van der Waals surface area (Å²) >= 11 is 0. The Labute approximate surface area is 107 Å². The van der Waals surface area contributed by atoms with Gasteiger partial charge in [-0.25, -0.2) is 0 Å². The Morgan fingerprint density at radius 3 is 2.61 bits per heavy atom. The van der Waals surface area contributed by atoms with E-state index in [0.717, 1.165) is 25.7 Å². The van der Waals surface area contributed by atoms with Gasteiger partial charge in [0.2, 0.25) is 0 Å². The molecule has 1 aliphatic carbocycles. The lowest BCUT2D eigenvalue weighted by Gasteiger charge is -2.25. The van der Waals surface area contributed by atoms with Crippen molar-refractivity contribution in [3.05, 3.63) is 29.8 Å². The maximum absolute atomic E-state index is 11.9. The summed E-state index contributed by atoms with van der Waals surface area (Å²) in [5.41, 5.74) is 6.80. The van der Waals surface area contributed by atoms with Crippen molar-refractivity contribution < 1.29 is 9.90 Å². The molecule has 1 fully saturated rings. The van der Waals surface area contributed by atoms with Crippen LogP contribution < -0.4 is 11.1 Å². The van der Waals surface area contributed by atoms with Crippen molar-refractivity contribution in [1.82, 2.24) is 5.32 Å². The zero-order valence-electron chi connectivity index (χ0n) is 10.4. The Kier molecular flexibility index (Phi) is 4.20. The van der Waals surface area contributed by atoms with Crippen molar-refractivity contribution >= 4 is 11.6 Å². The van der Waals surface area contributed by atoms with E-state index in [2.05, 4.69) is 5.32 Å². The van der Waals surface area contributed by atoms with Crippen LogP contribution in [0.2, 0.25) is 0 Å². The van der Waals surface area contributed by atoms with Crippen molar-refractivity contribution in [1.29, 1.82) is 0 Å². The minimum atomic E-state index is -0.151. The number of anilines is 1. The van der Waals surface area contributed by atoms with Gasteiger partial charge in [0.05, 0.1) is 11.7 Å². The lowest BCUT2D eigenvalue weighted by molar-refractivity contribution is 0.0911. The Hall–Kier alpha value is -1.55. The first-order chi connectivity index (χ1) is 8.66. The number of aliphatic hydroxyl groups excluding tert-OH is 1. The number of benzene rings is 1. The summed E-state index contributed by atoms with van der Waals surface area (Å²) in [6.45, 7) is 0.667. The minimum Gasteiger partial charge on any atom is -0.398 e.